The lowest BCUT2D eigenvalue weighted by Crippen LogP contribution is -2.38. The van der Waals surface area contributed by atoms with Crippen molar-refractivity contribution in [1.82, 2.24) is 10.2 Å². The molecule has 5 heteroatoms. The summed E-state index contributed by atoms with van der Waals surface area (Å²) < 4.78 is 6.02. The van der Waals surface area contributed by atoms with E-state index in [0.717, 1.165) is 37.1 Å². The van der Waals surface area contributed by atoms with Gasteiger partial charge < -0.3 is 20.1 Å². The van der Waals surface area contributed by atoms with Gasteiger partial charge >= 0.3 is 6.03 Å². The summed E-state index contributed by atoms with van der Waals surface area (Å²) in [4.78, 5) is 13.9. The molecule has 1 saturated heterocycles. The van der Waals surface area contributed by atoms with Crippen molar-refractivity contribution in [2.24, 2.45) is 5.92 Å². The van der Waals surface area contributed by atoms with Crippen molar-refractivity contribution in [1.29, 1.82) is 0 Å². The molecule has 0 spiro atoms. The summed E-state index contributed by atoms with van der Waals surface area (Å²) in [5.41, 5.74) is 1.07. The Hall–Kier alpha value is -1.75. The van der Waals surface area contributed by atoms with Crippen molar-refractivity contribution < 1.29 is 14.6 Å². The molecule has 2 amide bonds. The molecular formula is C19H28N2O3. The molecule has 2 fully saturated rings. The van der Waals surface area contributed by atoms with Crippen LogP contribution < -0.4 is 10.1 Å². The number of aliphatic hydroxyl groups is 1. The molecule has 1 saturated carbocycles. The minimum Gasteiger partial charge on any atom is -0.490 e. The van der Waals surface area contributed by atoms with Gasteiger partial charge in [0.05, 0.1) is 6.10 Å². The first-order valence-corrected chi connectivity index (χ1v) is 9.14. The summed E-state index contributed by atoms with van der Waals surface area (Å²) >= 11 is 0. The number of hydrogen-bond acceptors (Lipinski definition) is 3. The second-order valence-electron chi connectivity index (χ2n) is 6.96. The topological polar surface area (TPSA) is 61.8 Å². The standard InChI is InChI=1S/C19H28N2O3/c22-14-16-10-11-21(13-16)19(23)20-12-15-6-8-18(9-7-15)24-17-4-2-1-3-5-17/h6-9,16-17,22H,1-5,10-14H2,(H,20,23). The summed E-state index contributed by atoms with van der Waals surface area (Å²) in [6, 6.07) is 7.97. The average molecular weight is 332 g/mol. The number of nitrogens with one attached hydrogen (secondary N) is 1. The summed E-state index contributed by atoms with van der Waals surface area (Å²) in [6.07, 6.45) is 7.42. The van der Waals surface area contributed by atoms with E-state index in [4.69, 9.17) is 9.84 Å². The Kier molecular flexibility index (Phi) is 5.96. The van der Waals surface area contributed by atoms with E-state index in [-0.39, 0.29) is 18.6 Å². The van der Waals surface area contributed by atoms with Gasteiger partial charge in [0.2, 0.25) is 0 Å². The molecule has 1 aromatic rings. The first-order valence-electron chi connectivity index (χ1n) is 9.14. The van der Waals surface area contributed by atoms with Crippen LogP contribution in [0.4, 0.5) is 4.79 Å². The Balaban J connectivity index is 1.43. The molecule has 1 unspecified atom stereocenters. The number of amides is 2. The fourth-order valence-electron chi connectivity index (χ4n) is 3.52. The van der Waals surface area contributed by atoms with Gasteiger partial charge in [-0.1, -0.05) is 18.6 Å². The van der Waals surface area contributed by atoms with Crippen molar-refractivity contribution in [3.8, 4) is 5.75 Å². The molecule has 0 radical (unpaired) electrons. The average Bonchev–Trinajstić information content (AvgIpc) is 3.11. The number of rotatable bonds is 5. The van der Waals surface area contributed by atoms with E-state index >= 15 is 0 Å². The van der Waals surface area contributed by atoms with E-state index < -0.39 is 0 Å². The van der Waals surface area contributed by atoms with E-state index in [0.29, 0.717) is 19.2 Å². The number of likely N-dealkylation sites (tertiary alicyclic amines) is 1. The minimum absolute atomic E-state index is 0.0477. The number of benzene rings is 1. The van der Waals surface area contributed by atoms with Crippen molar-refractivity contribution >= 4 is 6.03 Å². The molecular weight excluding hydrogens is 304 g/mol. The smallest absolute Gasteiger partial charge is 0.317 e. The molecule has 3 rings (SSSR count). The van der Waals surface area contributed by atoms with Gasteiger partial charge in [-0.2, -0.15) is 0 Å². The summed E-state index contributed by atoms with van der Waals surface area (Å²) in [5.74, 6) is 1.15. The number of carbonyl (C=O) groups excluding carboxylic acids is 1. The zero-order valence-corrected chi connectivity index (χ0v) is 14.2. The lowest BCUT2D eigenvalue weighted by molar-refractivity contribution is 0.155. The maximum atomic E-state index is 12.1. The fraction of sp³-hybridized carbons (Fsp3) is 0.632. The van der Waals surface area contributed by atoms with Crippen LogP contribution in [0.25, 0.3) is 0 Å². The Labute approximate surface area is 144 Å². The molecule has 0 aromatic heterocycles. The van der Waals surface area contributed by atoms with Crippen LogP contribution in [0.5, 0.6) is 5.75 Å². The molecule has 1 aromatic carbocycles. The molecule has 2 aliphatic rings. The third-order valence-electron chi connectivity index (χ3n) is 5.05. The van der Waals surface area contributed by atoms with Gasteiger partial charge in [-0.25, -0.2) is 4.79 Å². The van der Waals surface area contributed by atoms with Crippen LogP contribution in [0, 0.1) is 5.92 Å². The second-order valence-corrected chi connectivity index (χ2v) is 6.96. The van der Waals surface area contributed by atoms with E-state index in [9.17, 15) is 4.79 Å². The maximum Gasteiger partial charge on any atom is 0.317 e. The highest BCUT2D eigenvalue weighted by atomic mass is 16.5. The van der Waals surface area contributed by atoms with Crippen LogP contribution in [0.15, 0.2) is 24.3 Å². The van der Waals surface area contributed by atoms with Gasteiger partial charge in [-0.05, 0) is 49.8 Å². The van der Waals surface area contributed by atoms with Gasteiger partial charge in [-0.3, -0.25) is 0 Å². The maximum absolute atomic E-state index is 12.1. The predicted molar refractivity (Wildman–Crippen MR) is 92.9 cm³/mol. The third-order valence-corrected chi connectivity index (χ3v) is 5.05. The zero-order valence-electron chi connectivity index (χ0n) is 14.2. The third kappa shape index (κ3) is 4.63. The largest absolute Gasteiger partial charge is 0.490 e. The van der Waals surface area contributed by atoms with Crippen molar-refractivity contribution in [3.05, 3.63) is 29.8 Å². The van der Waals surface area contributed by atoms with Crippen molar-refractivity contribution in [3.63, 3.8) is 0 Å². The van der Waals surface area contributed by atoms with Gasteiger partial charge in [0.25, 0.3) is 0 Å². The lowest BCUT2D eigenvalue weighted by Gasteiger charge is -2.23. The monoisotopic (exact) mass is 332 g/mol. The summed E-state index contributed by atoms with van der Waals surface area (Å²) in [6.45, 7) is 2.05. The summed E-state index contributed by atoms with van der Waals surface area (Å²) in [5, 5.41) is 12.1. The Morgan fingerprint density at radius 2 is 1.92 bits per heavy atom. The minimum atomic E-state index is -0.0477. The molecule has 0 bridgehead atoms. The SMILES string of the molecule is O=C(NCc1ccc(OC2CCCCC2)cc1)N1CCC(CO)C1. The fourth-order valence-corrected chi connectivity index (χ4v) is 3.52. The molecule has 1 aliphatic carbocycles. The van der Waals surface area contributed by atoms with E-state index in [1.165, 1.54) is 19.3 Å². The van der Waals surface area contributed by atoms with Crippen LogP contribution in [-0.2, 0) is 6.54 Å². The van der Waals surface area contributed by atoms with Crippen molar-refractivity contribution in [2.75, 3.05) is 19.7 Å². The van der Waals surface area contributed by atoms with Crippen LogP contribution in [0.3, 0.4) is 0 Å². The molecule has 1 aliphatic heterocycles. The number of aliphatic hydroxyl groups excluding tert-OH is 1. The molecule has 5 nitrogen and oxygen atoms in total. The van der Waals surface area contributed by atoms with E-state index in [1.54, 1.807) is 4.90 Å². The van der Waals surface area contributed by atoms with E-state index in [2.05, 4.69) is 5.32 Å². The highest BCUT2D eigenvalue weighted by molar-refractivity contribution is 5.74. The number of nitrogens with zero attached hydrogens (tertiary/aromatic N) is 1. The van der Waals surface area contributed by atoms with Gasteiger partial charge in [-0.15, -0.1) is 0 Å². The molecule has 1 heterocycles. The predicted octanol–water partition coefficient (Wildman–Crippen LogP) is 2.92. The Morgan fingerprint density at radius 1 is 1.17 bits per heavy atom. The normalized spacial score (nSPS) is 21.7. The van der Waals surface area contributed by atoms with Crippen LogP contribution in [-0.4, -0.2) is 41.8 Å². The Bertz CT molecular complexity index is 526. The molecule has 1 atom stereocenters. The van der Waals surface area contributed by atoms with Crippen LogP contribution in [0.2, 0.25) is 0 Å². The highest BCUT2D eigenvalue weighted by Crippen LogP contribution is 2.23. The zero-order chi connectivity index (χ0) is 16.8. The number of carbonyl (C=O) groups is 1. The molecule has 2 N–H and O–H groups in total. The number of urea groups is 1. The van der Waals surface area contributed by atoms with Gasteiger partial charge in [0, 0.05) is 32.2 Å². The first-order chi connectivity index (χ1) is 11.7. The number of hydrogen-bond donors (Lipinski definition) is 2. The molecule has 132 valence electrons. The summed E-state index contributed by atoms with van der Waals surface area (Å²) in [7, 11) is 0. The van der Waals surface area contributed by atoms with Crippen molar-refractivity contribution in [2.45, 2.75) is 51.2 Å². The highest BCUT2D eigenvalue weighted by Gasteiger charge is 2.25. The van der Waals surface area contributed by atoms with Gasteiger partial charge in [0.15, 0.2) is 0 Å². The first kappa shape index (κ1) is 17.1. The molecule has 24 heavy (non-hydrogen) atoms. The quantitative estimate of drug-likeness (QED) is 0.871. The second kappa shape index (κ2) is 8.38. The van der Waals surface area contributed by atoms with E-state index in [1.807, 2.05) is 24.3 Å². The van der Waals surface area contributed by atoms with Gasteiger partial charge in [0.1, 0.15) is 5.75 Å². The number of ether oxygens (including phenoxy) is 1. The van der Waals surface area contributed by atoms with Crippen LogP contribution >= 0.6 is 0 Å². The Morgan fingerprint density at radius 3 is 2.58 bits per heavy atom. The van der Waals surface area contributed by atoms with Crippen LogP contribution in [0.1, 0.15) is 44.1 Å². The lowest BCUT2D eigenvalue weighted by atomic mass is 9.98.